The Kier molecular flexibility index (Phi) is 5.38. The summed E-state index contributed by atoms with van der Waals surface area (Å²) in [5.41, 5.74) is 4.17. The first kappa shape index (κ1) is 13.1. The molecule has 1 aromatic rings. The lowest BCUT2D eigenvalue weighted by atomic mass is 10.0. The monoisotopic (exact) mass is 226 g/mol. The molecule has 0 saturated heterocycles. The van der Waals surface area contributed by atoms with Crippen molar-refractivity contribution in [3.05, 3.63) is 35.1 Å². The molecule has 0 heterocycles. The van der Waals surface area contributed by atoms with E-state index < -0.39 is 0 Å². The normalized spacial score (nSPS) is 12.8. The third kappa shape index (κ3) is 3.56. The first-order chi connectivity index (χ1) is 7.69. The summed E-state index contributed by atoms with van der Waals surface area (Å²) in [5, 5.41) is 0. The van der Waals surface area contributed by atoms with E-state index in [1.54, 1.807) is 13.2 Å². The molecule has 1 unspecified atom stereocenters. The number of benzene rings is 1. The smallest absolute Gasteiger partial charge is 0.128 e. The van der Waals surface area contributed by atoms with Crippen LogP contribution in [0.3, 0.4) is 0 Å². The maximum absolute atomic E-state index is 13.7. The topological polar surface area (TPSA) is 47.3 Å². The van der Waals surface area contributed by atoms with Gasteiger partial charge in [0.05, 0.1) is 0 Å². The molecule has 0 aliphatic heterocycles. The second-order valence-corrected chi connectivity index (χ2v) is 3.88. The minimum atomic E-state index is -0.208. The van der Waals surface area contributed by atoms with Crippen molar-refractivity contribution in [3.63, 3.8) is 0 Å². The number of halogens is 1. The summed E-state index contributed by atoms with van der Waals surface area (Å²) in [6.07, 6.45) is 1.60. The predicted molar refractivity (Wildman–Crippen MR) is 62.3 cm³/mol. The number of rotatable bonds is 6. The van der Waals surface area contributed by atoms with E-state index in [1.807, 2.05) is 13.0 Å². The van der Waals surface area contributed by atoms with Gasteiger partial charge in [-0.05, 0) is 31.4 Å². The molecule has 0 bridgehead atoms. The van der Waals surface area contributed by atoms with Gasteiger partial charge in [0.2, 0.25) is 0 Å². The average molecular weight is 226 g/mol. The summed E-state index contributed by atoms with van der Waals surface area (Å²) in [6.45, 7) is 2.52. The molecular weight excluding hydrogens is 207 g/mol. The number of hydrazine groups is 1. The fraction of sp³-hybridized carbons (Fsp3) is 0.500. The molecule has 0 radical (unpaired) electrons. The SMILES string of the molecule is COCCCC(NN)c1ccc(C)cc1F. The number of nitrogens with two attached hydrogens (primary N) is 1. The van der Waals surface area contributed by atoms with Crippen molar-refractivity contribution >= 4 is 0 Å². The zero-order valence-corrected chi connectivity index (χ0v) is 9.79. The lowest BCUT2D eigenvalue weighted by Gasteiger charge is -2.17. The van der Waals surface area contributed by atoms with Gasteiger partial charge in [-0.1, -0.05) is 12.1 Å². The number of nitrogens with one attached hydrogen (secondary N) is 1. The molecule has 1 rings (SSSR count). The van der Waals surface area contributed by atoms with Gasteiger partial charge in [0.25, 0.3) is 0 Å². The van der Waals surface area contributed by atoms with E-state index in [0.29, 0.717) is 12.2 Å². The van der Waals surface area contributed by atoms with Crippen molar-refractivity contribution in [2.75, 3.05) is 13.7 Å². The van der Waals surface area contributed by atoms with E-state index in [0.717, 1.165) is 18.4 Å². The summed E-state index contributed by atoms with van der Waals surface area (Å²) in [6, 6.07) is 5.03. The van der Waals surface area contributed by atoms with Crippen LogP contribution in [0.2, 0.25) is 0 Å². The van der Waals surface area contributed by atoms with Crippen molar-refractivity contribution in [2.45, 2.75) is 25.8 Å². The Morgan fingerprint density at radius 2 is 2.25 bits per heavy atom. The lowest BCUT2D eigenvalue weighted by Crippen LogP contribution is -2.29. The third-order valence-corrected chi connectivity index (χ3v) is 2.57. The zero-order valence-electron chi connectivity index (χ0n) is 9.79. The van der Waals surface area contributed by atoms with Crippen LogP contribution < -0.4 is 11.3 Å². The van der Waals surface area contributed by atoms with Gasteiger partial charge in [0, 0.05) is 25.3 Å². The fourth-order valence-electron chi connectivity index (χ4n) is 1.68. The summed E-state index contributed by atoms with van der Waals surface area (Å²) in [4.78, 5) is 0. The number of methoxy groups -OCH3 is 1. The first-order valence-corrected chi connectivity index (χ1v) is 5.40. The number of aryl methyl sites for hydroxylation is 1. The Morgan fingerprint density at radius 3 is 2.81 bits per heavy atom. The molecule has 0 saturated carbocycles. The van der Waals surface area contributed by atoms with Crippen LogP contribution in [0.15, 0.2) is 18.2 Å². The minimum Gasteiger partial charge on any atom is -0.385 e. The Labute approximate surface area is 95.8 Å². The third-order valence-electron chi connectivity index (χ3n) is 2.57. The van der Waals surface area contributed by atoms with Crippen LogP contribution in [0.25, 0.3) is 0 Å². The van der Waals surface area contributed by atoms with Gasteiger partial charge in [0.1, 0.15) is 5.82 Å². The summed E-state index contributed by atoms with van der Waals surface area (Å²) in [5.74, 6) is 5.23. The summed E-state index contributed by atoms with van der Waals surface area (Å²) in [7, 11) is 1.65. The Bertz CT molecular complexity index is 331. The molecule has 0 aliphatic rings. The molecule has 0 aromatic heterocycles. The molecule has 90 valence electrons. The van der Waals surface area contributed by atoms with Gasteiger partial charge in [-0.25, -0.2) is 4.39 Å². The Balaban J connectivity index is 2.70. The second-order valence-electron chi connectivity index (χ2n) is 3.88. The van der Waals surface area contributed by atoms with Crippen LogP contribution in [-0.4, -0.2) is 13.7 Å². The van der Waals surface area contributed by atoms with Crippen LogP contribution >= 0.6 is 0 Å². The van der Waals surface area contributed by atoms with Gasteiger partial charge >= 0.3 is 0 Å². The largest absolute Gasteiger partial charge is 0.385 e. The molecule has 1 atom stereocenters. The fourth-order valence-corrected chi connectivity index (χ4v) is 1.68. The quantitative estimate of drug-likeness (QED) is 0.443. The maximum Gasteiger partial charge on any atom is 0.128 e. The Hall–Kier alpha value is -0.970. The molecule has 0 spiro atoms. The summed E-state index contributed by atoms with van der Waals surface area (Å²) >= 11 is 0. The first-order valence-electron chi connectivity index (χ1n) is 5.40. The molecular formula is C12H19FN2O. The van der Waals surface area contributed by atoms with Gasteiger partial charge in [-0.3, -0.25) is 11.3 Å². The van der Waals surface area contributed by atoms with E-state index >= 15 is 0 Å². The minimum absolute atomic E-state index is 0.157. The van der Waals surface area contributed by atoms with Crippen molar-refractivity contribution in [3.8, 4) is 0 Å². The molecule has 1 aromatic carbocycles. The summed E-state index contributed by atoms with van der Waals surface area (Å²) < 4.78 is 18.6. The van der Waals surface area contributed by atoms with Crippen molar-refractivity contribution in [2.24, 2.45) is 5.84 Å². The molecule has 0 aliphatic carbocycles. The molecule has 16 heavy (non-hydrogen) atoms. The van der Waals surface area contributed by atoms with Gasteiger partial charge in [-0.2, -0.15) is 0 Å². The molecule has 3 nitrogen and oxygen atoms in total. The van der Waals surface area contributed by atoms with E-state index in [4.69, 9.17) is 10.6 Å². The zero-order chi connectivity index (χ0) is 12.0. The number of ether oxygens (including phenoxy) is 1. The van der Waals surface area contributed by atoms with E-state index in [2.05, 4.69) is 5.43 Å². The Morgan fingerprint density at radius 1 is 1.50 bits per heavy atom. The molecule has 3 N–H and O–H groups in total. The van der Waals surface area contributed by atoms with E-state index in [-0.39, 0.29) is 11.9 Å². The molecule has 0 fully saturated rings. The van der Waals surface area contributed by atoms with Crippen LogP contribution in [0.1, 0.15) is 30.0 Å². The van der Waals surface area contributed by atoms with Crippen LogP contribution in [0, 0.1) is 12.7 Å². The lowest BCUT2D eigenvalue weighted by molar-refractivity contribution is 0.188. The average Bonchev–Trinajstić information content (AvgIpc) is 2.26. The highest BCUT2D eigenvalue weighted by Crippen LogP contribution is 2.21. The van der Waals surface area contributed by atoms with E-state index in [9.17, 15) is 4.39 Å². The maximum atomic E-state index is 13.7. The van der Waals surface area contributed by atoms with Crippen LogP contribution in [0.5, 0.6) is 0 Å². The highest BCUT2D eigenvalue weighted by atomic mass is 19.1. The van der Waals surface area contributed by atoms with Crippen LogP contribution in [-0.2, 0) is 4.74 Å². The number of hydrogen-bond donors (Lipinski definition) is 2. The molecule has 4 heteroatoms. The van der Waals surface area contributed by atoms with Crippen molar-refractivity contribution in [1.29, 1.82) is 0 Å². The standard InChI is InChI=1S/C12H19FN2O/c1-9-5-6-10(11(13)8-9)12(15-14)4-3-7-16-2/h5-6,8,12,15H,3-4,7,14H2,1-2H3. The van der Waals surface area contributed by atoms with Crippen molar-refractivity contribution in [1.82, 2.24) is 5.43 Å². The van der Waals surface area contributed by atoms with Gasteiger partial charge in [0.15, 0.2) is 0 Å². The van der Waals surface area contributed by atoms with Crippen LogP contribution in [0.4, 0.5) is 4.39 Å². The number of hydrogen-bond acceptors (Lipinski definition) is 3. The van der Waals surface area contributed by atoms with E-state index in [1.165, 1.54) is 6.07 Å². The highest BCUT2D eigenvalue weighted by Gasteiger charge is 2.13. The second kappa shape index (κ2) is 6.58. The van der Waals surface area contributed by atoms with Gasteiger partial charge < -0.3 is 4.74 Å². The van der Waals surface area contributed by atoms with Gasteiger partial charge in [-0.15, -0.1) is 0 Å². The predicted octanol–water partition coefficient (Wildman–Crippen LogP) is 2.07. The highest BCUT2D eigenvalue weighted by molar-refractivity contribution is 5.26. The van der Waals surface area contributed by atoms with Crippen molar-refractivity contribution < 1.29 is 9.13 Å². The molecule has 0 amide bonds.